The number of hydrogen-bond donors (Lipinski definition) is 0. The lowest BCUT2D eigenvalue weighted by atomic mass is 9.43. The number of carbonyl (C=O) groups is 2. The molecule has 1 aromatic heterocycles. The topological polar surface area (TPSA) is 66.8 Å². The summed E-state index contributed by atoms with van der Waals surface area (Å²) in [6, 6.07) is 14.7. The van der Waals surface area contributed by atoms with Gasteiger partial charge in [-0.15, -0.1) is 0 Å². The van der Waals surface area contributed by atoms with Crippen molar-refractivity contribution >= 4 is 11.8 Å². The highest BCUT2D eigenvalue weighted by Gasteiger charge is 2.61. The van der Waals surface area contributed by atoms with E-state index in [1.807, 2.05) is 38.1 Å². The molecule has 3 aromatic rings. The van der Waals surface area contributed by atoms with Gasteiger partial charge in [0, 0.05) is 23.5 Å². The average molecular weight is 554 g/mol. The molecular formula is C35H39NO5. The fraction of sp³-hybridized carbons (Fsp3) is 0.486. The minimum Gasteiger partial charge on any atom is -0.457 e. The molecule has 0 amide bonds. The minimum absolute atomic E-state index is 0.0468. The minimum atomic E-state index is -0.473. The number of carbonyl (C=O) groups excluding carboxylic acids is 2. The second kappa shape index (κ2) is 9.50. The number of aromatic nitrogens is 1. The first-order chi connectivity index (χ1) is 19.6. The van der Waals surface area contributed by atoms with Gasteiger partial charge in [0.2, 0.25) is 12.6 Å². The molecule has 6 heteroatoms. The number of ketones is 1. The molecule has 6 nitrogen and oxygen atoms in total. The van der Waals surface area contributed by atoms with Gasteiger partial charge in [0.05, 0.1) is 5.41 Å². The summed E-state index contributed by atoms with van der Waals surface area (Å²) in [7, 11) is 0. The Morgan fingerprint density at radius 1 is 0.902 bits per heavy atom. The lowest BCUT2D eigenvalue weighted by molar-refractivity contribution is -0.172. The molecule has 0 N–H and O–H groups in total. The van der Waals surface area contributed by atoms with Crippen LogP contribution >= 0.6 is 0 Å². The highest BCUT2D eigenvalue weighted by molar-refractivity contribution is 5.99. The van der Waals surface area contributed by atoms with Crippen LogP contribution in [0.5, 0.6) is 11.5 Å². The lowest BCUT2D eigenvalue weighted by Gasteiger charge is -2.61. The molecule has 4 saturated carbocycles. The number of rotatable bonds is 7. The molecule has 0 spiro atoms. The first-order valence-corrected chi connectivity index (χ1v) is 15.0. The van der Waals surface area contributed by atoms with Crippen molar-refractivity contribution in [1.82, 2.24) is 4.57 Å². The van der Waals surface area contributed by atoms with E-state index in [4.69, 9.17) is 14.2 Å². The third kappa shape index (κ3) is 4.38. The van der Waals surface area contributed by atoms with Gasteiger partial charge in [-0.05, 0) is 124 Å². The van der Waals surface area contributed by atoms with Gasteiger partial charge in [0.25, 0.3) is 0 Å². The number of ether oxygens (including phenoxy) is 3. The Labute approximate surface area is 242 Å². The van der Waals surface area contributed by atoms with Gasteiger partial charge in [0.15, 0.2) is 18.1 Å². The SMILES string of the molecule is Cc1ccc(C23C[C@H]4C[C@@H](CC(C(=O)OCC(=O)c5cc(C)n(Cc6ccc7c(c6)OCO7)c5C)(C4)C2)C3)cc1C. The lowest BCUT2D eigenvalue weighted by Crippen LogP contribution is -2.57. The van der Waals surface area contributed by atoms with E-state index in [2.05, 4.69) is 36.6 Å². The Morgan fingerprint density at radius 2 is 1.66 bits per heavy atom. The quantitative estimate of drug-likeness (QED) is 0.239. The van der Waals surface area contributed by atoms with Gasteiger partial charge in [-0.25, -0.2) is 0 Å². The van der Waals surface area contributed by atoms with Gasteiger partial charge in [-0.2, -0.15) is 0 Å². The van der Waals surface area contributed by atoms with Crippen LogP contribution in [0.15, 0.2) is 42.5 Å². The predicted octanol–water partition coefficient (Wildman–Crippen LogP) is 6.76. The largest absolute Gasteiger partial charge is 0.457 e. The smallest absolute Gasteiger partial charge is 0.312 e. The molecule has 5 aliphatic rings. The van der Waals surface area contributed by atoms with Crippen molar-refractivity contribution in [2.75, 3.05) is 13.4 Å². The van der Waals surface area contributed by atoms with Gasteiger partial charge < -0.3 is 18.8 Å². The van der Waals surface area contributed by atoms with Crippen molar-refractivity contribution in [3.8, 4) is 11.5 Å². The highest BCUT2D eigenvalue weighted by Crippen LogP contribution is 2.66. The van der Waals surface area contributed by atoms with E-state index in [1.54, 1.807) is 0 Å². The van der Waals surface area contributed by atoms with E-state index >= 15 is 0 Å². The normalized spacial score (nSPS) is 27.3. The van der Waals surface area contributed by atoms with Crippen LogP contribution in [-0.2, 0) is 21.5 Å². The molecule has 0 saturated heterocycles. The Balaban J connectivity index is 1.06. The molecule has 2 heterocycles. The van der Waals surface area contributed by atoms with Crippen LogP contribution in [0.2, 0.25) is 0 Å². The fourth-order valence-corrected chi connectivity index (χ4v) is 8.82. The van der Waals surface area contributed by atoms with Crippen LogP contribution in [0.25, 0.3) is 0 Å². The fourth-order valence-electron chi connectivity index (χ4n) is 8.82. The summed E-state index contributed by atoms with van der Waals surface area (Å²) in [4.78, 5) is 27.2. The first kappa shape index (κ1) is 26.4. The van der Waals surface area contributed by atoms with Gasteiger partial charge in [0.1, 0.15) is 0 Å². The zero-order chi connectivity index (χ0) is 28.5. The number of benzene rings is 2. The van der Waals surface area contributed by atoms with E-state index in [-0.39, 0.29) is 30.6 Å². The predicted molar refractivity (Wildman–Crippen MR) is 156 cm³/mol. The van der Waals surface area contributed by atoms with E-state index in [0.717, 1.165) is 60.6 Å². The Morgan fingerprint density at radius 3 is 2.41 bits per heavy atom. The number of hydrogen-bond acceptors (Lipinski definition) is 5. The molecule has 2 aromatic carbocycles. The van der Waals surface area contributed by atoms with Crippen LogP contribution in [0, 0.1) is 44.9 Å². The van der Waals surface area contributed by atoms with Gasteiger partial charge in [-0.3, -0.25) is 9.59 Å². The molecular weight excluding hydrogens is 514 g/mol. The van der Waals surface area contributed by atoms with Crippen LogP contribution in [0.3, 0.4) is 0 Å². The molecule has 0 unspecified atom stereocenters. The van der Waals surface area contributed by atoms with Crippen LogP contribution in [0.1, 0.15) is 82.5 Å². The molecule has 2 atom stereocenters. The number of aryl methyl sites for hydroxylation is 3. The molecule has 1 aliphatic heterocycles. The molecule has 41 heavy (non-hydrogen) atoms. The molecule has 8 rings (SSSR count). The van der Waals surface area contributed by atoms with Crippen molar-refractivity contribution in [2.45, 2.75) is 78.2 Å². The molecule has 4 fully saturated rings. The molecule has 4 bridgehead atoms. The Hall–Kier alpha value is -3.54. The Bertz CT molecular complexity index is 1550. The number of esters is 1. The van der Waals surface area contributed by atoms with E-state index in [0.29, 0.717) is 23.9 Å². The third-order valence-electron chi connectivity index (χ3n) is 10.6. The summed E-state index contributed by atoms with van der Waals surface area (Å²) in [5.74, 6) is 2.30. The number of Topliss-reactive ketones (excluding diaryl/α,β-unsaturated/α-hetero) is 1. The highest BCUT2D eigenvalue weighted by atomic mass is 16.7. The van der Waals surface area contributed by atoms with Crippen molar-refractivity contribution in [3.63, 3.8) is 0 Å². The van der Waals surface area contributed by atoms with Crippen LogP contribution < -0.4 is 9.47 Å². The third-order valence-corrected chi connectivity index (χ3v) is 10.6. The van der Waals surface area contributed by atoms with E-state index in [9.17, 15) is 9.59 Å². The van der Waals surface area contributed by atoms with Gasteiger partial charge >= 0.3 is 5.97 Å². The molecule has 214 valence electrons. The summed E-state index contributed by atoms with van der Waals surface area (Å²) in [6.45, 7) is 8.96. The molecule has 4 aliphatic carbocycles. The summed E-state index contributed by atoms with van der Waals surface area (Å²) in [5.41, 5.74) is 7.14. The summed E-state index contributed by atoms with van der Waals surface area (Å²) >= 11 is 0. The second-order valence-electron chi connectivity index (χ2n) is 13.4. The second-order valence-corrected chi connectivity index (χ2v) is 13.4. The first-order valence-electron chi connectivity index (χ1n) is 15.0. The van der Waals surface area contributed by atoms with Gasteiger partial charge in [-0.1, -0.05) is 24.3 Å². The van der Waals surface area contributed by atoms with Crippen molar-refractivity contribution in [1.29, 1.82) is 0 Å². The number of fused-ring (bicyclic) bond motifs is 1. The van der Waals surface area contributed by atoms with E-state index < -0.39 is 5.41 Å². The summed E-state index contributed by atoms with van der Waals surface area (Å²) in [6.07, 6.45) is 6.17. The van der Waals surface area contributed by atoms with Crippen LogP contribution in [-0.4, -0.2) is 29.7 Å². The van der Waals surface area contributed by atoms with Crippen LogP contribution in [0.4, 0.5) is 0 Å². The van der Waals surface area contributed by atoms with Crippen molar-refractivity contribution in [3.05, 3.63) is 81.7 Å². The maximum atomic E-state index is 13.8. The maximum Gasteiger partial charge on any atom is 0.312 e. The number of nitrogens with zero attached hydrogens (tertiary/aromatic N) is 1. The zero-order valence-corrected chi connectivity index (χ0v) is 24.5. The summed E-state index contributed by atoms with van der Waals surface area (Å²) < 4.78 is 19.0. The van der Waals surface area contributed by atoms with E-state index in [1.165, 1.54) is 23.1 Å². The maximum absolute atomic E-state index is 13.8. The summed E-state index contributed by atoms with van der Waals surface area (Å²) in [5, 5.41) is 0. The molecule has 0 radical (unpaired) electrons. The Kier molecular flexibility index (Phi) is 6.11. The van der Waals surface area contributed by atoms with Crippen molar-refractivity contribution in [2.24, 2.45) is 17.3 Å². The monoisotopic (exact) mass is 553 g/mol. The average Bonchev–Trinajstić information content (AvgIpc) is 3.52. The zero-order valence-electron chi connectivity index (χ0n) is 24.5. The standard InChI is InChI=1S/C35H39NO5/c1-21-5-7-28(9-22(21)2)34-13-26-11-27(14-34)16-35(15-26,19-34)33(38)39-18-30(37)29-10-23(3)36(24(29)4)17-25-6-8-31-32(12-25)41-20-40-31/h5-10,12,26-27H,11,13-20H2,1-4H3/t26-,27-,34?,35?/m1/s1. The van der Waals surface area contributed by atoms with Crippen molar-refractivity contribution < 1.29 is 23.8 Å².